The first-order valence-electron chi connectivity index (χ1n) is 7.39. The first-order valence-corrected chi connectivity index (χ1v) is 9.21. The molecule has 2 amide bonds. The van der Waals surface area contributed by atoms with Crippen molar-refractivity contribution in [2.24, 2.45) is 0 Å². The van der Waals surface area contributed by atoms with Crippen molar-refractivity contribution in [2.75, 3.05) is 13.1 Å². The molecule has 4 nitrogen and oxygen atoms in total. The molecule has 0 aromatic carbocycles. The molecular formula is C16H18N2O2S2. The second-order valence-electron chi connectivity index (χ2n) is 5.29. The van der Waals surface area contributed by atoms with Crippen LogP contribution in [0, 0.1) is 0 Å². The summed E-state index contributed by atoms with van der Waals surface area (Å²) >= 11 is 3.07. The fourth-order valence-corrected chi connectivity index (χ4v) is 4.14. The van der Waals surface area contributed by atoms with Crippen molar-refractivity contribution < 1.29 is 9.59 Å². The van der Waals surface area contributed by atoms with Crippen molar-refractivity contribution in [3.8, 4) is 0 Å². The van der Waals surface area contributed by atoms with E-state index < -0.39 is 0 Å². The fourth-order valence-electron chi connectivity index (χ4n) is 2.80. The zero-order valence-corrected chi connectivity index (χ0v) is 13.8. The maximum Gasteiger partial charge on any atom is 0.261 e. The highest BCUT2D eigenvalue weighted by atomic mass is 32.1. The van der Waals surface area contributed by atoms with Crippen LogP contribution in [0.15, 0.2) is 34.3 Å². The molecule has 6 heteroatoms. The summed E-state index contributed by atoms with van der Waals surface area (Å²) in [4.78, 5) is 26.9. The lowest BCUT2D eigenvalue weighted by molar-refractivity contribution is -0.132. The van der Waals surface area contributed by atoms with Crippen LogP contribution in [-0.4, -0.2) is 29.8 Å². The van der Waals surface area contributed by atoms with Gasteiger partial charge in [0.2, 0.25) is 5.91 Å². The molecule has 116 valence electrons. The normalized spacial score (nSPS) is 17.6. The highest BCUT2D eigenvalue weighted by Gasteiger charge is 2.29. The van der Waals surface area contributed by atoms with Gasteiger partial charge in [-0.15, -0.1) is 11.3 Å². The maximum absolute atomic E-state index is 12.4. The summed E-state index contributed by atoms with van der Waals surface area (Å²) in [6.07, 6.45) is 2.44. The van der Waals surface area contributed by atoms with Gasteiger partial charge in [0.15, 0.2) is 0 Å². The Hall–Kier alpha value is -1.66. The summed E-state index contributed by atoms with van der Waals surface area (Å²) in [6, 6.07) is 5.95. The lowest BCUT2D eigenvalue weighted by Gasteiger charge is -2.24. The van der Waals surface area contributed by atoms with E-state index in [0.29, 0.717) is 17.8 Å². The molecule has 3 rings (SSSR count). The van der Waals surface area contributed by atoms with Gasteiger partial charge in [-0.05, 0) is 46.7 Å². The topological polar surface area (TPSA) is 49.4 Å². The lowest BCUT2D eigenvalue weighted by Crippen LogP contribution is -2.34. The van der Waals surface area contributed by atoms with Crippen LogP contribution in [-0.2, 0) is 4.79 Å². The molecule has 1 fully saturated rings. The van der Waals surface area contributed by atoms with Gasteiger partial charge in [0, 0.05) is 19.5 Å². The largest absolute Gasteiger partial charge is 0.351 e. The van der Waals surface area contributed by atoms with E-state index in [2.05, 4.69) is 22.1 Å². The van der Waals surface area contributed by atoms with E-state index in [1.165, 1.54) is 16.9 Å². The van der Waals surface area contributed by atoms with Gasteiger partial charge >= 0.3 is 0 Å². The van der Waals surface area contributed by atoms with Crippen LogP contribution in [0.3, 0.4) is 0 Å². The monoisotopic (exact) mass is 334 g/mol. The number of carbonyl (C=O) groups excluding carboxylic acids is 2. The number of carbonyl (C=O) groups is 2. The molecule has 3 heterocycles. The predicted octanol–water partition coefficient (Wildman–Crippen LogP) is 3.29. The summed E-state index contributed by atoms with van der Waals surface area (Å²) in [5.74, 6) is 0.0267. The molecule has 1 atom stereocenters. The molecule has 1 saturated heterocycles. The second kappa shape index (κ2) is 7.07. The van der Waals surface area contributed by atoms with E-state index in [9.17, 15) is 9.59 Å². The fraction of sp³-hybridized carbons (Fsp3) is 0.375. The molecule has 0 aliphatic carbocycles. The van der Waals surface area contributed by atoms with Crippen molar-refractivity contribution in [2.45, 2.75) is 25.3 Å². The highest BCUT2D eigenvalue weighted by molar-refractivity contribution is 7.12. The van der Waals surface area contributed by atoms with E-state index >= 15 is 0 Å². The third-order valence-electron chi connectivity index (χ3n) is 3.87. The Bertz CT molecular complexity index is 623. The van der Waals surface area contributed by atoms with Gasteiger partial charge in [0.05, 0.1) is 10.9 Å². The number of nitrogens with zero attached hydrogens (tertiary/aromatic N) is 1. The minimum atomic E-state index is -0.0985. The molecule has 22 heavy (non-hydrogen) atoms. The Labute approximate surface area is 137 Å². The third-order valence-corrected chi connectivity index (χ3v) is 5.44. The molecule has 0 bridgehead atoms. The second-order valence-corrected chi connectivity index (χ2v) is 7.01. The van der Waals surface area contributed by atoms with Crippen LogP contribution in [0.4, 0.5) is 0 Å². The van der Waals surface area contributed by atoms with Crippen LogP contribution >= 0.6 is 22.7 Å². The Morgan fingerprint density at radius 2 is 2.23 bits per heavy atom. The summed E-state index contributed by atoms with van der Waals surface area (Å²) in [5, 5.41) is 8.86. The van der Waals surface area contributed by atoms with Gasteiger partial charge in [-0.3, -0.25) is 9.59 Å². The van der Waals surface area contributed by atoms with Gasteiger partial charge in [-0.25, -0.2) is 0 Å². The standard InChI is InChI=1S/C16H18N2O2S2/c19-15(5-7-17-16(20)14-4-2-9-22-14)18-8-1-3-13(18)12-6-10-21-11-12/h2,4,6,9-11,13H,1,3,5,7-8H2,(H,17,20)/t13-/m1/s1. The number of nitrogens with one attached hydrogen (secondary N) is 1. The molecule has 2 aromatic rings. The van der Waals surface area contributed by atoms with Gasteiger partial charge in [0.25, 0.3) is 5.91 Å². The number of likely N-dealkylation sites (tertiary alicyclic amines) is 1. The van der Waals surface area contributed by atoms with Crippen LogP contribution in [0.1, 0.15) is 40.5 Å². The third kappa shape index (κ3) is 3.39. The van der Waals surface area contributed by atoms with Gasteiger partial charge < -0.3 is 10.2 Å². The summed E-state index contributed by atoms with van der Waals surface area (Å²) in [7, 11) is 0. The Kier molecular flexibility index (Phi) is 4.90. The van der Waals surface area contributed by atoms with E-state index in [1.54, 1.807) is 17.4 Å². The molecule has 0 saturated carbocycles. The first-order chi connectivity index (χ1) is 10.8. The molecule has 0 radical (unpaired) electrons. The quantitative estimate of drug-likeness (QED) is 0.912. The molecule has 0 spiro atoms. The van der Waals surface area contributed by atoms with Crippen molar-refractivity contribution >= 4 is 34.5 Å². The number of amides is 2. The zero-order chi connectivity index (χ0) is 15.4. The zero-order valence-electron chi connectivity index (χ0n) is 12.2. The smallest absolute Gasteiger partial charge is 0.261 e. The minimum Gasteiger partial charge on any atom is -0.351 e. The van der Waals surface area contributed by atoms with E-state index in [0.717, 1.165) is 19.4 Å². The predicted molar refractivity (Wildman–Crippen MR) is 89.3 cm³/mol. The first kappa shape index (κ1) is 15.2. The van der Waals surface area contributed by atoms with Crippen molar-refractivity contribution in [1.82, 2.24) is 10.2 Å². The molecule has 0 unspecified atom stereocenters. The van der Waals surface area contributed by atoms with Gasteiger partial charge in [-0.2, -0.15) is 11.3 Å². The summed E-state index contributed by atoms with van der Waals surface area (Å²) < 4.78 is 0. The molecule has 1 aliphatic heterocycles. The minimum absolute atomic E-state index is 0.0985. The highest BCUT2D eigenvalue weighted by Crippen LogP contribution is 2.33. The van der Waals surface area contributed by atoms with E-state index in [1.807, 2.05) is 16.3 Å². The maximum atomic E-state index is 12.4. The molecule has 2 aromatic heterocycles. The van der Waals surface area contributed by atoms with Gasteiger partial charge in [0.1, 0.15) is 0 Å². The number of hydrogen-bond donors (Lipinski definition) is 1. The van der Waals surface area contributed by atoms with Crippen LogP contribution < -0.4 is 5.32 Å². The Morgan fingerprint density at radius 1 is 1.32 bits per heavy atom. The SMILES string of the molecule is O=C(NCCC(=O)N1CCC[C@@H]1c1ccsc1)c1cccs1. The number of hydrogen-bond acceptors (Lipinski definition) is 4. The van der Waals surface area contributed by atoms with Crippen molar-refractivity contribution in [1.29, 1.82) is 0 Å². The van der Waals surface area contributed by atoms with Gasteiger partial charge in [-0.1, -0.05) is 6.07 Å². The summed E-state index contributed by atoms with van der Waals surface area (Å²) in [6.45, 7) is 1.21. The Balaban J connectivity index is 1.50. The number of thiophene rings is 2. The number of rotatable bonds is 5. The van der Waals surface area contributed by atoms with Crippen molar-refractivity contribution in [3.63, 3.8) is 0 Å². The molecular weight excluding hydrogens is 316 g/mol. The van der Waals surface area contributed by atoms with Crippen LogP contribution in [0.5, 0.6) is 0 Å². The average Bonchev–Trinajstić information content (AvgIpc) is 3.26. The Morgan fingerprint density at radius 3 is 2.95 bits per heavy atom. The van der Waals surface area contributed by atoms with Crippen molar-refractivity contribution in [3.05, 3.63) is 44.8 Å². The molecule has 1 aliphatic rings. The van der Waals surface area contributed by atoms with E-state index in [4.69, 9.17) is 0 Å². The van der Waals surface area contributed by atoms with Crippen LogP contribution in [0.2, 0.25) is 0 Å². The summed E-state index contributed by atoms with van der Waals surface area (Å²) in [5.41, 5.74) is 1.23. The van der Waals surface area contributed by atoms with Crippen LogP contribution in [0.25, 0.3) is 0 Å². The molecule has 1 N–H and O–H groups in total. The van der Waals surface area contributed by atoms with E-state index in [-0.39, 0.29) is 17.9 Å². The lowest BCUT2D eigenvalue weighted by atomic mass is 10.1. The average molecular weight is 334 g/mol.